The van der Waals surface area contributed by atoms with E-state index >= 15 is 0 Å². The van der Waals surface area contributed by atoms with E-state index < -0.39 is 0 Å². The van der Waals surface area contributed by atoms with Gasteiger partial charge in [0, 0.05) is 18.5 Å². The van der Waals surface area contributed by atoms with Gasteiger partial charge >= 0.3 is 0 Å². The van der Waals surface area contributed by atoms with Crippen LogP contribution in [0.1, 0.15) is 62.1 Å². The molecule has 28 heavy (non-hydrogen) atoms. The molecule has 1 aliphatic carbocycles. The summed E-state index contributed by atoms with van der Waals surface area (Å²) in [5.74, 6) is 2.34. The van der Waals surface area contributed by atoms with Crippen molar-refractivity contribution in [1.82, 2.24) is 4.90 Å². The Balaban J connectivity index is 1.87. The zero-order chi connectivity index (χ0) is 19.9. The maximum Gasteiger partial charge on any atom is 0.119 e. The van der Waals surface area contributed by atoms with Gasteiger partial charge in [-0.1, -0.05) is 63.1 Å². The normalized spacial score (nSPS) is 21.5. The lowest BCUT2D eigenvalue weighted by atomic mass is 9.69. The molecule has 0 aromatic heterocycles. The topological polar surface area (TPSA) is 12.5 Å². The van der Waals surface area contributed by atoms with Crippen molar-refractivity contribution in [2.75, 3.05) is 20.7 Å². The molecule has 3 atom stereocenters. The number of hydrogen-bond donors (Lipinski definition) is 0. The van der Waals surface area contributed by atoms with E-state index in [4.69, 9.17) is 4.74 Å². The van der Waals surface area contributed by atoms with E-state index in [0.29, 0.717) is 12.0 Å². The van der Waals surface area contributed by atoms with Gasteiger partial charge in [0.2, 0.25) is 0 Å². The van der Waals surface area contributed by atoms with Crippen LogP contribution in [0.3, 0.4) is 0 Å². The summed E-state index contributed by atoms with van der Waals surface area (Å²) < 4.78 is 5.57. The summed E-state index contributed by atoms with van der Waals surface area (Å²) in [7, 11) is 4.13. The van der Waals surface area contributed by atoms with Crippen LogP contribution in [0.15, 0.2) is 48.5 Å². The molecule has 0 saturated heterocycles. The molecule has 0 fully saturated rings. The predicted octanol–water partition coefficient (Wildman–Crippen LogP) is 6.09. The highest BCUT2D eigenvalue weighted by Gasteiger charge is 2.38. The Kier molecular flexibility index (Phi) is 7.56. The number of benzene rings is 2. The van der Waals surface area contributed by atoms with Gasteiger partial charge in [0.1, 0.15) is 5.75 Å². The Morgan fingerprint density at radius 2 is 1.75 bits per heavy atom. The standard InChI is InChI=1S/C26H37NO/c1-5-10-22-18-21-14-15-23(28-4)19-25(21)24(11-6-2)26(22)27(3)17-16-20-12-8-7-9-13-20/h7-9,12-15,19,22,24,26H,5-6,10-11,16-18H2,1-4H3. The number of ether oxygens (including phenoxy) is 1. The summed E-state index contributed by atoms with van der Waals surface area (Å²) >= 11 is 0. The third-order valence-electron chi connectivity index (χ3n) is 6.49. The summed E-state index contributed by atoms with van der Waals surface area (Å²) in [4.78, 5) is 2.66. The Bertz CT molecular complexity index is 726. The van der Waals surface area contributed by atoms with Crippen molar-refractivity contribution in [1.29, 1.82) is 0 Å². The molecule has 0 aliphatic heterocycles. The molecule has 0 radical (unpaired) electrons. The first-order valence-corrected chi connectivity index (χ1v) is 11.1. The SMILES string of the molecule is CCCC1Cc2ccc(OC)cc2C(CCC)C1N(C)CCc1ccccc1. The van der Waals surface area contributed by atoms with Crippen molar-refractivity contribution < 1.29 is 4.74 Å². The molecule has 2 aromatic rings. The van der Waals surface area contributed by atoms with Gasteiger partial charge in [-0.3, -0.25) is 0 Å². The maximum absolute atomic E-state index is 5.57. The van der Waals surface area contributed by atoms with Crippen molar-refractivity contribution in [2.45, 2.75) is 64.3 Å². The minimum atomic E-state index is 0.598. The minimum absolute atomic E-state index is 0.598. The van der Waals surface area contributed by atoms with Gasteiger partial charge < -0.3 is 9.64 Å². The Morgan fingerprint density at radius 3 is 2.43 bits per heavy atom. The van der Waals surface area contributed by atoms with E-state index in [9.17, 15) is 0 Å². The Hall–Kier alpha value is -1.80. The highest BCUT2D eigenvalue weighted by atomic mass is 16.5. The molecule has 0 spiro atoms. The molecule has 1 aliphatic rings. The van der Waals surface area contributed by atoms with Gasteiger partial charge in [-0.2, -0.15) is 0 Å². The fourth-order valence-electron chi connectivity index (χ4n) is 5.19. The lowest BCUT2D eigenvalue weighted by molar-refractivity contribution is 0.124. The Morgan fingerprint density at radius 1 is 1.00 bits per heavy atom. The van der Waals surface area contributed by atoms with E-state index in [2.05, 4.69) is 74.3 Å². The largest absolute Gasteiger partial charge is 0.497 e. The first kappa shape index (κ1) is 20.9. The summed E-state index contributed by atoms with van der Waals surface area (Å²) in [6.45, 7) is 5.78. The fraction of sp³-hybridized carbons (Fsp3) is 0.538. The lowest BCUT2D eigenvalue weighted by Crippen LogP contribution is -2.46. The van der Waals surface area contributed by atoms with Crippen LogP contribution >= 0.6 is 0 Å². The second-order valence-corrected chi connectivity index (χ2v) is 8.42. The van der Waals surface area contributed by atoms with Gasteiger partial charge in [0.15, 0.2) is 0 Å². The van der Waals surface area contributed by atoms with Gasteiger partial charge in [0.05, 0.1) is 7.11 Å². The highest BCUT2D eigenvalue weighted by molar-refractivity contribution is 5.41. The third kappa shape index (κ3) is 4.78. The van der Waals surface area contributed by atoms with Crippen LogP contribution in [0.5, 0.6) is 5.75 Å². The van der Waals surface area contributed by atoms with Crippen LogP contribution in [0.4, 0.5) is 0 Å². The first-order valence-electron chi connectivity index (χ1n) is 11.1. The number of rotatable bonds is 9. The van der Waals surface area contributed by atoms with E-state index in [1.54, 1.807) is 12.7 Å². The fourth-order valence-corrected chi connectivity index (χ4v) is 5.19. The summed E-state index contributed by atoms with van der Waals surface area (Å²) in [6, 6.07) is 18.3. The molecule has 2 heteroatoms. The number of nitrogens with zero attached hydrogens (tertiary/aromatic N) is 1. The van der Waals surface area contributed by atoms with Gasteiger partial charge in [-0.15, -0.1) is 0 Å². The number of likely N-dealkylation sites (N-methyl/N-ethyl adjacent to an activating group) is 1. The van der Waals surface area contributed by atoms with Crippen molar-refractivity contribution in [3.63, 3.8) is 0 Å². The monoisotopic (exact) mass is 379 g/mol. The zero-order valence-corrected chi connectivity index (χ0v) is 18.2. The van der Waals surface area contributed by atoms with Crippen molar-refractivity contribution in [3.8, 4) is 5.75 Å². The van der Waals surface area contributed by atoms with Gasteiger partial charge in [0.25, 0.3) is 0 Å². The number of methoxy groups -OCH3 is 1. The van der Waals surface area contributed by atoms with Gasteiger partial charge in [-0.25, -0.2) is 0 Å². The molecule has 3 unspecified atom stereocenters. The molecular weight excluding hydrogens is 342 g/mol. The zero-order valence-electron chi connectivity index (χ0n) is 18.2. The van der Waals surface area contributed by atoms with Crippen LogP contribution < -0.4 is 4.74 Å². The second kappa shape index (κ2) is 10.1. The van der Waals surface area contributed by atoms with Crippen LogP contribution in [0, 0.1) is 5.92 Å². The number of fused-ring (bicyclic) bond motifs is 1. The van der Waals surface area contributed by atoms with Crippen LogP contribution in [-0.2, 0) is 12.8 Å². The highest BCUT2D eigenvalue weighted by Crippen LogP contribution is 2.43. The van der Waals surface area contributed by atoms with Crippen LogP contribution in [0.2, 0.25) is 0 Å². The molecule has 152 valence electrons. The molecule has 2 nitrogen and oxygen atoms in total. The summed E-state index contributed by atoms with van der Waals surface area (Å²) in [5.41, 5.74) is 4.52. The third-order valence-corrected chi connectivity index (χ3v) is 6.49. The molecule has 0 heterocycles. The first-order chi connectivity index (χ1) is 13.7. The summed E-state index contributed by atoms with van der Waals surface area (Å²) in [5, 5.41) is 0. The molecule has 0 N–H and O–H groups in total. The number of hydrogen-bond acceptors (Lipinski definition) is 2. The summed E-state index contributed by atoms with van der Waals surface area (Å²) in [6.07, 6.45) is 7.37. The van der Waals surface area contributed by atoms with Crippen molar-refractivity contribution in [3.05, 3.63) is 65.2 Å². The smallest absolute Gasteiger partial charge is 0.119 e. The van der Waals surface area contributed by atoms with E-state index in [1.165, 1.54) is 43.2 Å². The molecule has 0 bridgehead atoms. The molecular formula is C26H37NO. The van der Waals surface area contributed by atoms with E-state index in [-0.39, 0.29) is 0 Å². The van der Waals surface area contributed by atoms with Crippen LogP contribution in [-0.4, -0.2) is 31.6 Å². The molecule has 3 rings (SSSR count). The van der Waals surface area contributed by atoms with Crippen molar-refractivity contribution in [2.24, 2.45) is 5.92 Å². The van der Waals surface area contributed by atoms with E-state index in [1.807, 2.05) is 0 Å². The molecule has 0 amide bonds. The lowest BCUT2D eigenvalue weighted by Gasteiger charge is -2.45. The Labute approximate surface area is 171 Å². The second-order valence-electron chi connectivity index (χ2n) is 8.42. The van der Waals surface area contributed by atoms with Crippen molar-refractivity contribution >= 4 is 0 Å². The average molecular weight is 380 g/mol. The molecule has 2 aromatic carbocycles. The van der Waals surface area contributed by atoms with Gasteiger partial charge in [-0.05, 0) is 67.5 Å². The average Bonchev–Trinajstić information content (AvgIpc) is 2.73. The minimum Gasteiger partial charge on any atom is -0.497 e. The quantitative estimate of drug-likeness (QED) is 0.522. The molecule has 0 saturated carbocycles. The maximum atomic E-state index is 5.57. The van der Waals surface area contributed by atoms with E-state index in [0.717, 1.165) is 24.6 Å². The predicted molar refractivity (Wildman–Crippen MR) is 119 cm³/mol. The van der Waals surface area contributed by atoms with Crippen LogP contribution in [0.25, 0.3) is 0 Å².